The molecule has 19 heavy (non-hydrogen) atoms. The van der Waals surface area contributed by atoms with E-state index in [4.69, 9.17) is 4.98 Å². The van der Waals surface area contributed by atoms with Gasteiger partial charge in [0.25, 0.3) is 0 Å². The largest absolute Gasteiger partial charge is 0.348 e. The quantitative estimate of drug-likeness (QED) is 0.626. The lowest BCUT2D eigenvalue weighted by Gasteiger charge is -2.21. The van der Waals surface area contributed by atoms with Crippen molar-refractivity contribution in [2.45, 2.75) is 59.3 Å². The first kappa shape index (κ1) is 16.2. The van der Waals surface area contributed by atoms with E-state index in [9.17, 15) is 4.79 Å². The first-order chi connectivity index (χ1) is 9.13. The molecule has 0 radical (unpaired) electrons. The van der Waals surface area contributed by atoms with Crippen LogP contribution in [0.15, 0.2) is 0 Å². The highest BCUT2D eigenvalue weighted by atomic mass is 32.1. The van der Waals surface area contributed by atoms with Crippen LogP contribution < -0.4 is 4.90 Å². The van der Waals surface area contributed by atoms with Crippen LogP contribution in [0.3, 0.4) is 0 Å². The standard InChI is InChI=1S/C15H26N2OS/c1-5-7-9-17(10-8-6-2)15-16-14(12(3)4)13(11-18)19-15/h11-12H,5-10H2,1-4H3. The number of anilines is 1. The number of nitrogens with zero attached hydrogens (tertiary/aromatic N) is 2. The Labute approximate surface area is 121 Å². The average Bonchev–Trinajstić information content (AvgIpc) is 2.83. The molecule has 0 saturated heterocycles. The molecule has 0 unspecified atom stereocenters. The van der Waals surface area contributed by atoms with Crippen molar-refractivity contribution in [1.29, 1.82) is 0 Å². The van der Waals surface area contributed by atoms with Crippen LogP contribution in [0.2, 0.25) is 0 Å². The van der Waals surface area contributed by atoms with Crippen molar-refractivity contribution < 1.29 is 4.79 Å². The van der Waals surface area contributed by atoms with Crippen LogP contribution in [-0.4, -0.2) is 24.4 Å². The molecular weight excluding hydrogens is 256 g/mol. The minimum atomic E-state index is 0.310. The highest BCUT2D eigenvalue weighted by Crippen LogP contribution is 2.30. The third-order valence-corrected chi connectivity index (χ3v) is 4.21. The van der Waals surface area contributed by atoms with Gasteiger partial charge in [-0.1, -0.05) is 51.9 Å². The molecule has 0 saturated carbocycles. The van der Waals surface area contributed by atoms with Gasteiger partial charge >= 0.3 is 0 Å². The van der Waals surface area contributed by atoms with E-state index in [1.54, 1.807) is 11.3 Å². The topological polar surface area (TPSA) is 33.2 Å². The van der Waals surface area contributed by atoms with Crippen molar-refractivity contribution in [3.63, 3.8) is 0 Å². The molecule has 0 N–H and O–H groups in total. The summed E-state index contributed by atoms with van der Waals surface area (Å²) in [5.41, 5.74) is 0.952. The number of aldehydes is 1. The number of hydrogen-bond donors (Lipinski definition) is 0. The van der Waals surface area contributed by atoms with Crippen LogP contribution in [0.4, 0.5) is 5.13 Å². The predicted molar refractivity (Wildman–Crippen MR) is 83.6 cm³/mol. The lowest BCUT2D eigenvalue weighted by atomic mass is 10.1. The zero-order valence-electron chi connectivity index (χ0n) is 12.6. The number of carbonyl (C=O) groups is 1. The van der Waals surface area contributed by atoms with E-state index in [0.29, 0.717) is 5.92 Å². The highest BCUT2D eigenvalue weighted by molar-refractivity contribution is 7.17. The summed E-state index contributed by atoms with van der Waals surface area (Å²) in [4.78, 5) is 19.0. The van der Waals surface area contributed by atoms with Gasteiger partial charge in [-0.05, 0) is 18.8 Å². The van der Waals surface area contributed by atoms with Gasteiger partial charge in [0.1, 0.15) is 0 Å². The molecule has 4 heteroatoms. The summed E-state index contributed by atoms with van der Waals surface area (Å²) in [6.45, 7) is 10.7. The van der Waals surface area contributed by atoms with Crippen LogP contribution in [0.1, 0.15) is 74.7 Å². The molecule has 0 bridgehead atoms. The van der Waals surface area contributed by atoms with Crippen molar-refractivity contribution in [1.82, 2.24) is 4.98 Å². The molecule has 108 valence electrons. The maximum Gasteiger partial charge on any atom is 0.186 e. The Bertz CT molecular complexity index is 379. The van der Waals surface area contributed by atoms with Gasteiger partial charge in [-0.3, -0.25) is 4.79 Å². The van der Waals surface area contributed by atoms with Gasteiger partial charge in [-0.2, -0.15) is 0 Å². The molecule has 1 aromatic rings. The molecule has 1 aromatic heterocycles. The molecule has 0 aliphatic heterocycles. The number of thiazole rings is 1. The number of rotatable bonds is 9. The Kier molecular flexibility index (Phi) is 7.06. The smallest absolute Gasteiger partial charge is 0.186 e. The average molecular weight is 282 g/mol. The molecular formula is C15H26N2OS. The number of unbranched alkanes of at least 4 members (excludes halogenated alkanes) is 2. The van der Waals surface area contributed by atoms with Crippen molar-refractivity contribution in [3.05, 3.63) is 10.6 Å². The summed E-state index contributed by atoms with van der Waals surface area (Å²) in [6.07, 6.45) is 5.68. The van der Waals surface area contributed by atoms with E-state index < -0.39 is 0 Å². The first-order valence-corrected chi connectivity index (χ1v) is 8.16. The summed E-state index contributed by atoms with van der Waals surface area (Å²) in [5.74, 6) is 0.310. The molecule has 0 spiro atoms. The minimum Gasteiger partial charge on any atom is -0.348 e. The van der Waals surface area contributed by atoms with E-state index in [2.05, 4.69) is 32.6 Å². The zero-order chi connectivity index (χ0) is 14.3. The summed E-state index contributed by atoms with van der Waals surface area (Å²) in [7, 11) is 0. The Morgan fingerprint density at radius 2 is 1.79 bits per heavy atom. The van der Waals surface area contributed by atoms with Gasteiger partial charge in [0.15, 0.2) is 11.4 Å². The molecule has 0 aromatic carbocycles. The first-order valence-electron chi connectivity index (χ1n) is 7.34. The van der Waals surface area contributed by atoms with Crippen molar-refractivity contribution >= 4 is 22.8 Å². The predicted octanol–water partition coefficient (Wildman–Crippen LogP) is 4.49. The van der Waals surface area contributed by atoms with Crippen LogP contribution in [0.25, 0.3) is 0 Å². The van der Waals surface area contributed by atoms with Crippen molar-refractivity contribution in [2.75, 3.05) is 18.0 Å². The maximum atomic E-state index is 11.1. The number of aromatic nitrogens is 1. The summed E-state index contributed by atoms with van der Waals surface area (Å²) < 4.78 is 0. The fourth-order valence-corrected chi connectivity index (χ4v) is 3.05. The van der Waals surface area contributed by atoms with Gasteiger partial charge in [-0.25, -0.2) is 4.98 Å². The van der Waals surface area contributed by atoms with Crippen LogP contribution in [0.5, 0.6) is 0 Å². The molecule has 1 heterocycles. The number of hydrogen-bond acceptors (Lipinski definition) is 4. The van der Waals surface area contributed by atoms with E-state index in [0.717, 1.165) is 35.1 Å². The zero-order valence-corrected chi connectivity index (χ0v) is 13.4. The molecule has 1 rings (SSSR count). The van der Waals surface area contributed by atoms with Gasteiger partial charge in [0.2, 0.25) is 0 Å². The summed E-state index contributed by atoms with van der Waals surface area (Å²) >= 11 is 1.54. The molecule has 0 aliphatic carbocycles. The second-order valence-electron chi connectivity index (χ2n) is 5.21. The summed E-state index contributed by atoms with van der Waals surface area (Å²) in [6, 6.07) is 0. The third-order valence-electron chi connectivity index (χ3n) is 3.16. The lowest BCUT2D eigenvalue weighted by Crippen LogP contribution is -2.25. The molecule has 3 nitrogen and oxygen atoms in total. The monoisotopic (exact) mass is 282 g/mol. The van der Waals surface area contributed by atoms with Crippen LogP contribution in [0, 0.1) is 0 Å². The Balaban J connectivity index is 2.90. The second-order valence-corrected chi connectivity index (χ2v) is 6.22. The third kappa shape index (κ3) is 4.60. The summed E-state index contributed by atoms with van der Waals surface area (Å²) in [5, 5.41) is 1.02. The van der Waals surface area contributed by atoms with Crippen LogP contribution >= 0.6 is 11.3 Å². The van der Waals surface area contributed by atoms with Crippen molar-refractivity contribution in [3.8, 4) is 0 Å². The molecule has 0 fully saturated rings. The SMILES string of the molecule is CCCCN(CCCC)c1nc(C(C)C)c(C=O)s1. The molecule has 0 atom stereocenters. The fourth-order valence-electron chi connectivity index (χ4n) is 1.97. The van der Waals surface area contributed by atoms with E-state index in [-0.39, 0.29) is 0 Å². The highest BCUT2D eigenvalue weighted by Gasteiger charge is 2.17. The van der Waals surface area contributed by atoms with Gasteiger partial charge in [0, 0.05) is 13.1 Å². The second kappa shape index (κ2) is 8.31. The van der Waals surface area contributed by atoms with Crippen LogP contribution in [-0.2, 0) is 0 Å². The van der Waals surface area contributed by atoms with Gasteiger partial charge in [-0.15, -0.1) is 0 Å². The Morgan fingerprint density at radius 1 is 1.21 bits per heavy atom. The normalized spacial score (nSPS) is 11.0. The lowest BCUT2D eigenvalue weighted by molar-refractivity contribution is 0.112. The molecule has 0 amide bonds. The number of carbonyl (C=O) groups excluding carboxylic acids is 1. The Morgan fingerprint density at radius 3 is 2.16 bits per heavy atom. The van der Waals surface area contributed by atoms with E-state index in [1.165, 1.54) is 25.7 Å². The van der Waals surface area contributed by atoms with E-state index >= 15 is 0 Å². The minimum absolute atomic E-state index is 0.310. The van der Waals surface area contributed by atoms with E-state index in [1.807, 2.05) is 0 Å². The fraction of sp³-hybridized carbons (Fsp3) is 0.733. The Hall–Kier alpha value is -0.900. The van der Waals surface area contributed by atoms with Gasteiger partial charge in [0.05, 0.1) is 10.6 Å². The maximum absolute atomic E-state index is 11.1. The molecule has 0 aliphatic rings. The van der Waals surface area contributed by atoms with Gasteiger partial charge < -0.3 is 4.90 Å². The van der Waals surface area contributed by atoms with Crippen molar-refractivity contribution in [2.24, 2.45) is 0 Å².